The molecule has 176 valence electrons. The summed E-state index contributed by atoms with van der Waals surface area (Å²) < 4.78 is 25.0. The van der Waals surface area contributed by atoms with E-state index in [0.29, 0.717) is 34.1 Å². The van der Waals surface area contributed by atoms with Crippen LogP contribution in [0.1, 0.15) is 16.7 Å². The lowest BCUT2D eigenvalue weighted by molar-refractivity contribution is -0.139. The second kappa shape index (κ2) is 10.6. The summed E-state index contributed by atoms with van der Waals surface area (Å²) in [4.78, 5) is 15.1. The Labute approximate surface area is 201 Å². The number of methoxy groups -OCH3 is 1. The van der Waals surface area contributed by atoms with Gasteiger partial charge < -0.3 is 19.6 Å². The molecule has 0 spiro atoms. The van der Waals surface area contributed by atoms with Gasteiger partial charge in [-0.25, -0.2) is 4.39 Å². The van der Waals surface area contributed by atoms with Crippen LogP contribution in [0.3, 0.4) is 0 Å². The Morgan fingerprint density at radius 3 is 2.62 bits per heavy atom. The highest BCUT2D eigenvalue weighted by Gasteiger charge is 2.20. The Morgan fingerprint density at radius 2 is 1.85 bits per heavy atom. The van der Waals surface area contributed by atoms with Gasteiger partial charge in [-0.15, -0.1) is 0 Å². The van der Waals surface area contributed by atoms with Crippen LogP contribution < -0.4 is 14.8 Å². The van der Waals surface area contributed by atoms with E-state index in [1.54, 1.807) is 30.3 Å². The summed E-state index contributed by atoms with van der Waals surface area (Å²) in [5, 5.41) is 14.2. The number of hydrogen-bond donors (Lipinski definition) is 3. The minimum absolute atomic E-state index is 0.0165. The number of aromatic amines is 1. The molecule has 0 aliphatic heterocycles. The maximum Gasteiger partial charge on any atom is 0.321 e. The van der Waals surface area contributed by atoms with E-state index in [0.717, 1.165) is 16.5 Å². The average Bonchev–Trinajstić information content (AvgIpc) is 3.24. The number of H-pyrrole nitrogens is 1. The van der Waals surface area contributed by atoms with E-state index in [4.69, 9.17) is 21.1 Å². The summed E-state index contributed by atoms with van der Waals surface area (Å²) in [6, 6.07) is 16.6. The van der Waals surface area contributed by atoms with E-state index in [1.807, 2.05) is 30.5 Å². The van der Waals surface area contributed by atoms with E-state index in [9.17, 15) is 14.3 Å². The minimum Gasteiger partial charge on any atom is -0.493 e. The van der Waals surface area contributed by atoms with E-state index in [2.05, 4.69) is 10.3 Å². The van der Waals surface area contributed by atoms with Crippen LogP contribution in [0.5, 0.6) is 11.5 Å². The zero-order valence-corrected chi connectivity index (χ0v) is 19.2. The molecule has 0 radical (unpaired) electrons. The van der Waals surface area contributed by atoms with Crippen molar-refractivity contribution in [3.8, 4) is 11.5 Å². The number of ether oxygens (including phenoxy) is 2. The Balaban J connectivity index is 1.46. The summed E-state index contributed by atoms with van der Waals surface area (Å²) in [5.41, 5.74) is 2.94. The average molecular weight is 483 g/mol. The second-order valence-electron chi connectivity index (χ2n) is 7.81. The molecule has 1 unspecified atom stereocenters. The normalized spacial score (nSPS) is 12.0. The van der Waals surface area contributed by atoms with Crippen LogP contribution in [0.15, 0.2) is 66.9 Å². The van der Waals surface area contributed by atoms with Crippen molar-refractivity contribution in [2.24, 2.45) is 0 Å². The van der Waals surface area contributed by atoms with E-state index < -0.39 is 12.0 Å². The number of halogens is 2. The number of carboxylic acid groups (broad SMARTS) is 1. The van der Waals surface area contributed by atoms with Crippen molar-refractivity contribution in [1.82, 2.24) is 10.3 Å². The number of carbonyl (C=O) groups is 1. The summed E-state index contributed by atoms with van der Waals surface area (Å²) in [6.07, 6.45) is 2.14. The van der Waals surface area contributed by atoms with Gasteiger partial charge in [-0.1, -0.05) is 48.0 Å². The number of carboxylic acids is 1. The van der Waals surface area contributed by atoms with Crippen molar-refractivity contribution in [2.45, 2.75) is 25.6 Å². The Kier molecular flexibility index (Phi) is 7.35. The first-order chi connectivity index (χ1) is 16.5. The molecular weight excluding hydrogens is 459 g/mol. The number of rotatable bonds is 10. The number of fused-ring (bicyclic) bond motifs is 1. The molecule has 4 rings (SSSR count). The quantitative estimate of drug-likeness (QED) is 0.284. The first-order valence-electron chi connectivity index (χ1n) is 10.7. The molecule has 34 heavy (non-hydrogen) atoms. The molecule has 0 aliphatic rings. The van der Waals surface area contributed by atoms with E-state index >= 15 is 0 Å². The summed E-state index contributed by atoms with van der Waals surface area (Å²) >= 11 is 6.45. The highest BCUT2D eigenvalue weighted by molar-refractivity contribution is 6.31. The maximum atomic E-state index is 13.9. The van der Waals surface area contributed by atoms with Crippen molar-refractivity contribution < 1.29 is 23.8 Å². The number of para-hydroxylation sites is 1. The lowest BCUT2D eigenvalue weighted by atomic mass is 10.0. The molecule has 1 heterocycles. The molecule has 0 bridgehead atoms. The number of benzene rings is 3. The van der Waals surface area contributed by atoms with Gasteiger partial charge in [0.05, 0.1) is 7.11 Å². The van der Waals surface area contributed by atoms with Gasteiger partial charge in [0.25, 0.3) is 0 Å². The third-order valence-electron chi connectivity index (χ3n) is 5.61. The van der Waals surface area contributed by atoms with Gasteiger partial charge in [-0.2, -0.15) is 0 Å². The topological polar surface area (TPSA) is 83.6 Å². The van der Waals surface area contributed by atoms with Gasteiger partial charge in [-0.05, 0) is 29.3 Å². The third kappa shape index (κ3) is 5.32. The number of hydrogen-bond acceptors (Lipinski definition) is 4. The molecule has 0 saturated heterocycles. The predicted octanol–water partition coefficient (Wildman–Crippen LogP) is 5.33. The van der Waals surface area contributed by atoms with Crippen molar-refractivity contribution in [1.29, 1.82) is 0 Å². The van der Waals surface area contributed by atoms with Crippen LogP contribution in [0, 0.1) is 5.82 Å². The van der Waals surface area contributed by atoms with E-state index in [1.165, 1.54) is 13.2 Å². The van der Waals surface area contributed by atoms with Gasteiger partial charge in [0.15, 0.2) is 11.5 Å². The molecular formula is C26H24ClFN2O4. The van der Waals surface area contributed by atoms with Crippen molar-refractivity contribution >= 4 is 28.5 Å². The standard InChI is InChI=1S/C26H24ClFN2O4/c1-33-24-11-18(20(27)12-25(24)34-15-16-6-2-4-8-21(16)28)14-30-23(26(31)32)10-17-13-29-22-9-5-3-7-19(17)22/h2-9,11-13,23,29-30H,10,14-15H2,1H3,(H,31,32). The van der Waals surface area contributed by atoms with Crippen molar-refractivity contribution in [2.75, 3.05) is 7.11 Å². The SMILES string of the molecule is COc1cc(CNC(Cc2c[nH]c3ccccc23)C(=O)O)c(Cl)cc1OCc1ccccc1F. The molecule has 3 aromatic carbocycles. The number of aliphatic carboxylic acids is 1. The van der Waals surface area contributed by atoms with Crippen LogP contribution in [0.2, 0.25) is 5.02 Å². The zero-order chi connectivity index (χ0) is 24.1. The molecule has 0 fully saturated rings. The fourth-order valence-corrected chi connectivity index (χ4v) is 3.98. The van der Waals surface area contributed by atoms with Crippen LogP contribution >= 0.6 is 11.6 Å². The lowest BCUT2D eigenvalue weighted by Gasteiger charge is -2.17. The van der Waals surface area contributed by atoms with Crippen molar-refractivity contribution in [3.05, 3.63) is 94.4 Å². The summed E-state index contributed by atoms with van der Waals surface area (Å²) in [7, 11) is 1.49. The molecule has 0 aliphatic carbocycles. The highest BCUT2D eigenvalue weighted by atomic mass is 35.5. The Morgan fingerprint density at radius 1 is 1.09 bits per heavy atom. The van der Waals surface area contributed by atoms with Gasteiger partial charge in [0.2, 0.25) is 0 Å². The fourth-order valence-electron chi connectivity index (χ4n) is 3.76. The van der Waals surface area contributed by atoms with Gasteiger partial charge in [0.1, 0.15) is 18.5 Å². The molecule has 0 amide bonds. The van der Waals surface area contributed by atoms with Gasteiger partial charge >= 0.3 is 5.97 Å². The largest absolute Gasteiger partial charge is 0.493 e. The molecule has 6 nitrogen and oxygen atoms in total. The highest BCUT2D eigenvalue weighted by Crippen LogP contribution is 2.34. The van der Waals surface area contributed by atoms with Crippen molar-refractivity contribution in [3.63, 3.8) is 0 Å². The second-order valence-corrected chi connectivity index (χ2v) is 8.22. The lowest BCUT2D eigenvalue weighted by Crippen LogP contribution is -2.38. The van der Waals surface area contributed by atoms with Gasteiger partial charge in [-0.3, -0.25) is 10.1 Å². The summed E-state index contributed by atoms with van der Waals surface area (Å²) in [6.45, 7) is 0.227. The minimum atomic E-state index is -0.960. The molecule has 8 heteroatoms. The van der Waals surface area contributed by atoms with Crippen LogP contribution in [0.4, 0.5) is 4.39 Å². The van der Waals surface area contributed by atoms with Crippen LogP contribution in [-0.2, 0) is 24.4 Å². The molecule has 3 N–H and O–H groups in total. The maximum absolute atomic E-state index is 13.9. The molecule has 1 atom stereocenters. The summed E-state index contributed by atoms with van der Waals surface area (Å²) in [5.74, 6) is -0.532. The number of aromatic nitrogens is 1. The predicted molar refractivity (Wildman–Crippen MR) is 129 cm³/mol. The Hall–Kier alpha value is -3.55. The first-order valence-corrected chi connectivity index (χ1v) is 11.1. The zero-order valence-electron chi connectivity index (χ0n) is 18.5. The van der Waals surface area contributed by atoms with Gasteiger partial charge in [0, 0.05) is 46.7 Å². The van der Waals surface area contributed by atoms with Crippen LogP contribution in [-0.4, -0.2) is 29.2 Å². The smallest absolute Gasteiger partial charge is 0.321 e. The first kappa shape index (κ1) is 23.6. The molecule has 0 saturated carbocycles. The van der Waals surface area contributed by atoms with E-state index in [-0.39, 0.29) is 19.0 Å². The number of nitrogens with one attached hydrogen (secondary N) is 2. The third-order valence-corrected chi connectivity index (χ3v) is 5.96. The fraction of sp³-hybridized carbons (Fsp3) is 0.192. The monoisotopic (exact) mass is 482 g/mol. The molecule has 4 aromatic rings. The molecule has 1 aromatic heterocycles. The van der Waals surface area contributed by atoms with Crippen LogP contribution in [0.25, 0.3) is 10.9 Å². The Bertz CT molecular complexity index is 1310.